The normalized spacial score (nSPS) is 11.0. The summed E-state index contributed by atoms with van der Waals surface area (Å²) < 4.78 is 0. The Hall–Kier alpha value is -2.29. The summed E-state index contributed by atoms with van der Waals surface area (Å²) in [5.74, 6) is 0.0818. The first-order chi connectivity index (χ1) is 12.0. The third-order valence-electron chi connectivity index (χ3n) is 4.63. The second kappa shape index (κ2) is 8.70. The topological polar surface area (TPSA) is 63.3 Å². The molecule has 0 aliphatic rings. The Morgan fingerprint density at radius 1 is 1.12 bits per heavy atom. The van der Waals surface area contributed by atoms with E-state index in [0.29, 0.717) is 11.1 Å². The average molecular weight is 339 g/mol. The Morgan fingerprint density at radius 3 is 2.40 bits per heavy atom. The minimum atomic E-state index is -0.116. The fourth-order valence-corrected chi connectivity index (χ4v) is 3.16. The number of aryl methyl sites for hydroxylation is 1. The summed E-state index contributed by atoms with van der Waals surface area (Å²) in [5.41, 5.74) is 9.25. The van der Waals surface area contributed by atoms with E-state index in [1.807, 2.05) is 38.1 Å². The number of hydrogen-bond acceptors (Lipinski definition) is 3. The lowest BCUT2D eigenvalue weighted by Gasteiger charge is -2.18. The number of benzene rings is 2. The third kappa shape index (κ3) is 4.41. The van der Waals surface area contributed by atoms with E-state index in [4.69, 9.17) is 5.73 Å². The van der Waals surface area contributed by atoms with Crippen molar-refractivity contribution >= 4 is 11.5 Å². The number of ketones is 1. The molecule has 0 aromatic heterocycles. The lowest BCUT2D eigenvalue weighted by molar-refractivity contribution is 0.103. The highest BCUT2D eigenvalue weighted by Crippen LogP contribution is 2.37. The van der Waals surface area contributed by atoms with Gasteiger partial charge in [-0.2, -0.15) is 0 Å². The molecule has 3 N–H and O–H groups in total. The van der Waals surface area contributed by atoms with E-state index in [9.17, 15) is 9.90 Å². The first-order valence-electron chi connectivity index (χ1n) is 9.21. The predicted octanol–water partition coefficient (Wildman–Crippen LogP) is 5.45. The van der Waals surface area contributed by atoms with Gasteiger partial charge in [0.25, 0.3) is 0 Å². The lowest BCUT2D eigenvalue weighted by Crippen LogP contribution is -2.11. The quantitative estimate of drug-likeness (QED) is 0.291. The molecule has 0 saturated carbocycles. The number of carbonyl (C=O) groups excluding carboxylic acids is 1. The van der Waals surface area contributed by atoms with E-state index in [1.54, 1.807) is 12.1 Å². The van der Waals surface area contributed by atoms with Crippen LogP contribution in [-0.4, -0.2) is 10.9 Å². The summed E-state index contributed by atoms with van der Waals surface area (Å²) in [4.78, 5) is 13.0. The SMILES string of the molecule is CCCCCCc1cc(C(C)C)c(O)c(N)c1C(=O)c1ccccc1. The molecule has 2 aromatic carbocycles. The molecule has 0 spiro atoms. The van der Waals surface area contributed by atoms with Gasteiger partial charge in [-0.05, 0) is 29.9 Å². The van der Waals surface area contributed by atoms with Crippen LogP contribution < -0.4 is 5.73 Å². The zero-order valence-corrected chi connectivity index (χ0v) is 15.5. The second-order valence-electron chi connectivity index (χ2n) is 6.92. The van der Waals surface area contributed by atoms with Gasteiger partial charge in [-0.25, -0.2) is 0 Å². The molecule has 0 heterocycles. The van der Waals surface area contributed by atoms with Crippen molar-refractivity contribution in [3.05, 3.63) is 58.7 Å². The number of anilines is 1. The Bertz CT molecular complexity index is 721. The number of aromatic hydroxyl groups is 1. The van der Waals surface area contributed by atoms with Crippen LogP contribution in [0.4, 0.5) is 5.69 Å². The fourth-order valence-electron chi connectivity index (χ4n) is 3.16. The smallest absolute Gasteiger partial charge is 0.195 e. The first kappa shape index (κ1) is 19.0. The number of nitrogen functional groups attached to an aromatic ring is 1. The molecule has 0 aliphatic carbocycles. The number of nitrogens with two attached hydrogens (primary N) is 1. The first-order valence-corrected chi connectivity index (χ1v) is 9.21. The average Bonchev–Trinajstić information content (AvgIpc) is 2.61. The van der Waals surface area contributed by atoms with Crippen LogP contribution in [0.1, 0.15) is 79.4 Å². The molecular formula is C22H29NO2. The van der Waals surface area contributed by atoms with Crippen LogP contribution in [0.25, 0.3) is 0 Å². The van der Waals surface area contributed by atoms with Crippen molar-refractivity contribution in [3.63, 3.8) is 0 Å². The number of unbranched alkanes of at least 4 members (excludes halogenated alkanes) is 3. The molecule has 2 rings (SSSR count). The highest BCUT2D eigenvalue weighted by atomic mass is 16.3. The van der Waals surface area contributed by atoms with Crippen molar-refractivity contribution in [2.45, 2.75) is 58.8 Å². The zero-order valence-electron chi connectivity index (χ0n) is 15.5. The molecule has 0 aliphatic heterocycles. The van der Waals surface area contributed by atoms with Gasteiger partial charge < -0.3 is 10.8 Å². The van der Waals surface area contributed by atoms with Crippen LogP contribution in [0.15, 0.2) is 36.4 Å². The molecule has 0 atom stereocenters. The van der Waals surface area contributed by atoms with Gasteiger partial charge in [0.15, 0.2) is 5.78 Å². The zero-order chi connectivity index (χ0) is 18.4. The summed E-state index contributed by atoms with van der Waals surface area (Å²) in [7, 11) is 0. The number of carbonyl (C=O) groups is 1. The molecule has 134 valence electrons. The monoisotopic (exact) mass is 339 g/mol. The maximum absolute atomic E-state index is 13.0. The molecule has 0 bridgehead atoms. The van der Waals surface area contributed by atoms with Crippen molar-refractivity contribution < 1.29 is 9.90 Å². The van der Waals surface area contributed by atoms with E-state index < -0.39 is 0 Å². The van der Waals surface area contributed by atoms with Gasteiger partial charge in [0.05, 0.1) is 11.3 Å². The van der Waals surface area contributed by atoms with Crippen molar-refractivity contribution in [3.8, 4) is 5.75 Å². The molecule has 0 saturated heterocycles. The number of phenolic OH excluding ortho intramolecular Hbond substituents is 1. The van der Waals surface area contributed by atoms with Gasteiger partial charge in [-0.15, -0.1) is 0 Å². The predicted molar refractivity (Wildman–Crippen MR) is 104 cm³/mol. The van der Waals surface area contributed by atoms with Crippen LogP contribution in [-0.2, 0) is 6.42 Å². The van der Waals surface area contributed by atoms with Crippen molar-refractivity contribution in [2.24, 2.45) is 0 Å². The van der Waals surface area contributed by atoms with Crippen LogP contribution in [0, 0.1) is 0 Å². The number of rotatable bonds is 8. The maximum Gasteiger partial charge on any atom is 0.195 e. The lowest BCUT2D eigenvalue weighted by atomic mass is 9.88. The number of hydrogen-bond donors (Lipinski definition) is 2. The standard InChI is InChI=1S/C22H29NO2/c1-4-5-6-8-13-17-14-18(15(2)3)22(25)20(23)19(17)21(24)16-11-9-7-10-12-16/h7,9-12,14-15,25H,4-6,8,13,23H2,1-3H3. The highest BCUT2D eigenvalue weighted by molar-refractivity contribution is 6.13. The second-order valence-corrected chi connectivity index (χ2v) is 6.92. The number of phenols is 1. The molecule has 0 unspecified atom stereocenters. The van der Waals surface area contributed by atoms with Crippen LogP contribution in [0.2, 0.25) is 0 Å². The maximum atomic E-state index is 13.0. The summed E-state index contributed by atoms with van der Waals surface area (Å²) in [5, 5.41) is 10.5. The van der Waals surface area contributed by atoms with Crippen LogP contribution in [0.5, 0.6) is 5.75 Å². The van der Waals surface area contributed by atoms with Crippen LogP contribution in [0.3, 0.4) is 0 Å². The minimum absolute atomic E-state index is 0.0478. The van der Waals surface area contributed by atoms with E-state index in [1.165, 1.54) is 12.8 Å². The van der Waals surface area contributed by atoms with Crippen LogP contribution >= 0.6 is 0 Å². The summed E-state index contributed by atoms with van der Waals surface area (Å²) >= 11 is 0. The molecular weight excluding hydrogens is 310 g/mol. The van der Waals surface area contributed by atoms with Gasteiger partial charge in [0, 0.05) is 5.56 Å². The van der Waals surface area contributed by atoms with E-state index in [2.05, 4.69) is 6.92 Å². The Labute approximate surface area is 150 Å². The summed E-state index contributed by atoms with van der Waals surface area (Å²) in [6, 6.07) is 11.1. The molecule has 0 radical (unpaired) electrons. The van der Waals surface area contributed by atoms with Crippen molar-refractivity contribution in [2.75, 3.05) is 5.73 Å². The van der Waals surface area contributed by atoms with E-state index in [0.717, 1.165) is 30.4 Å². The largest absolute Gasteiger partial charge is 0.505 e. The molecule has 0 fully saturated rings. The van der Waals surface area contributed by atoms with E-state index in [-0.39, 0.29) is 23.1 Å². The Kier molecular flexibility index (Phi) is 6.63. The Morgan fingerprint density at radius 2 is 1.80 bits per heavy atom. The molecule has 25 heavy (non-hydrogen) atoms. The van der Waals surface area contributed by atoms with Crippen molar-refractivity contribution in [1.29, 1.82) is 0 Å². The third-order valence-corrected chi connectivity index (χ3v) is 4.63. The van der Waals surface area contributed by atoms with Gasteiger partial charge in [0.2, 0.25) is 0 Å². The Balaban J connectivity index is 2.48. The fraction of sp³-hybridized carbons (Fsp3) is 0.409. The minimum Gasteiger partial charge on any atom is -0.505 e. The van der Waals surface area contributed by atoms with Gasteiger partial charge in [-0.3, -0.25) is 4.79 Å². The molecule has 3 nitrogen and oxygen atoms in total. The van der Waals surface area contributed by atoms with Gasteiger partial charge in [0.1, 0.15) is 5.75 Å². The molecule has 3 heteroatoms. The van der Waals surface area contributed by atoms with Gasteiger partial charge >= 0.3 is 0 Å². The van der Waals surface area contributed by atoms with E-state index >= 15 is 0 Å². The summed E-state index contributed by atoms with van der Waals surface area (Å²) in [6.45, 7) is 6.22. The van der Waals surface area contributed by atoms with Crippen molar-refractivity contribution in [1.82, 2.24) is 0 Å². The molecule has 0 amide bonds. The highest BCUT2D eigenvalue weighted by Gasteiger charge is 2.22. The van der Waals surface area contributed by atoms with Gasteiger partial charge in [-0.1, -0.05) is 76.4 Å². The molecule has 2 aromatic rings. The summed E-state index contributed by atoms with van der Waals surface area (Å²) in [6.07, 6.45) is 5.31.